The molecule has 0 aliphatic rings. The van der Waals surface area contributed by atoms with Gasteiger partial charge in [-0.3, -0.25) is 9.48 Å². The van der Waals surface area contributed by atoms with Gasteiger partial charge in [0.05, 0.1) is 16.4 Å². The molecule has 0 spiro atoms. The Balaban J connectivity index is 2.20. The molecular formula is C16H18N4OS. The summed E-state index contributed by atoms with van der Waals surface area (Å²) in [6.45, 7) is 6.03. The summed E-state index contributed by atoms with van der Waals surface area (Å²) in [5.74, 6) is -0.256. The molecule has 2 heterocycles. The van der Waals surface area contributed by atoms with Gasteiger partial charge in [-0.2, -0.15) is 10.1 Å². The van der Waals surface area contributed by atoms with Crippen molar-refractivity contribution >= 4 is 27.5 Å². The predicted octanol–water partition coefficient (Wildman–Crippen LogP) is 2.64. The number of hydrogen-bond acceptors (Lipinski definition) is 3. The van der Waals surface area contributed by atoms with E-state index in [4.69, 9.17) is 0 Å². The number of aromatic nitrogens is 3. The summed E-state index contributed by atoms with van der Waals surface area (Å²) in [7, 11) is 3.70. The normalized spacial score (nSPS) is 12.3. The van der Waals surface area contributed by atoms with E-state index in [1.54, 1.807) is 29.3 Å². The third kappa shape index (κ3) is 2.29. The monoisotopic (exact) mass is 314 g/mol. The third-order valence-corrected chi connectivity index (χ3v) is 5.05. The van der Waals surface area contributed by atoms with E-state index in [0.717, 1.165) is 11.1 Å². The number of rotatable bonds is 1. The largest absolute Gasteiger partial charge is 0.319 e. The van der Waals surface area contributed by atoms with E-state index < -0.39 is 0 Å². The minimum atomic E-state index is -0.256. The number of carbonyl (C=O) groups is 1. The lowest BCUT2D eigenvalue weighted by Crippen LogP contribution is -2.15. The highest BCUT2D eigenvalue weighted by Gasteiger charge is 2.14. The first-order valence-corrected chi connectivity index (χ1v) is 7.84. The molecule has 1 aromatic carbocycles. The molecular weight excluding hydrogens is 296 g/mol. The van der Waals surface area contributed by atoms with E-state index in [1.807, 2.05) is 18.5 Å². The lowest BCUT2D eigenvalue weighted by Gasteiger charge is -2.00. The zero-order valence-corrected chi connectivity index (χ0v) is 14.2. The van der Waals surface area contributed by atoms with Gasteiger partial charge in [0.1, 0.15) is 5.69 Å². The highest BCUT2D eigenvalue weighted by molar-refractivity contribution is 7.16. The molecule has 0 saturated carbocycles. The van der Waals surface area contributed by atoms with E-state index >= 15 is 0 Å². The maximum absolute atomic E-state index is 12.5. The summed E-state index contributed by atoms with van der Waals surface area (Å²) in [5, 5.41) is 4.10. The summed E-state index contributed by atoms with van der Waals surface area (Å²) < 4.78 is 4.72. The van der Waals surface area contributed by atoms with Crippen LogP contribution in [0.3, 0.4) is 0 Å². The average molecular weight is 314 g/mol. The predicted molar refractivity (Wildman–Crippen MR) is 88.1 cm³/mol. The molecule has 6 heteroatoms. The van der Waals surface area contributed by atoms with Gasteiger partial charge in [-0.25, -0.2) is 0 Å². The van der Waals surface area contributed by atoms with Gasteiger partial charge in [-0.1, -0.05) is 17.4 Å². The van der Waals surface area contributed by atoms with Gasteiger partial charge >= 0.3 is 0 Å². The fourth-order valence-corrected chi connectivity index (χ4v) is 3.74. The van der Waals surface area contributed by atoms with Gasteiger partial charge < -0.3 is 4.57 Å². The Labute approximate surface area is 132 Å². The van der Waals surface area contributed by atoms with E-state index in [2.05, 4.69) is 36.1 Å². The Morgan fingerprint density at radius 2 is 1.91 bits per heavy atom. The lowest BCUT2D eigenvalue weighted by atomic mass is 10.1. The molecule has 22 heavy (non-hydrogen) atoms. The first-order chi connectivity index (χ1) is 10.4. The highest BCUT2D eigenvalue weighted by Crippen LogP contribution is 2.22. The van der Waals surface area contributed by atoms with Gasteiger partial charge in [0.25, 0.3) is 5.91 Å². The lowest BCUT2D eigenvalue weighted by molar-refractivity contribution is 0.0988. The Hall–Kier alpha value is -2.21. The van der Waals surface area contributed by atoms with Crippen molar-refractivity contribution < 1.29 is 4.79 Å². The van der Waals surface area contributed by atoms with Crippen LogP contribution in [0.2, 0.25) is 0 Å². The van der Waals surface area contributed by atoms with Crippen molar-refractivity contribution in [3.05, 3.63) is 45.5 Å². The van der Waals surface area contributed by atoms with Crippen LogP contribution in [-0.2, 0) is 14.1 Å². The average Bonchev–Trinajstić information content (AvgIpc) is 2.93. The van der Waals surface area contributed by atoms with Gasteiger partial charge in [0.2, 0.25) is 0 Å². The van der Waals surface area contributed by atoms with Crippen molar-refractivity contribution in [3.63, 3.8) is 0 Å². The molecule has 1 amide bonds. The van der Waals surface area contributed by atoms with E-state index in [-0.39, 0.29) is 5.91 Å². The quantitative estimate of drug-likeness (QED) is 0.693. The van der Waals surface area contributed by atoms with Crippen LogP contribution in [0.1, 0.15) is 27.2 Å². The molecule has 2 aromatic heterocycles. The number of thiazole rings is 1. The molecule has 0 N–H and O–H groups in total. The summed E-state index contributed by atoms with van der Waals surface area (Å²) in [5.41, 5.74) is 4.90. The highest BCUT2D eigenvalue weighted by atomic mass is 32.1. The van der Waals surface area contributed by atoms with Gasteiger partial charge in [0, 0.05) is 19.7 Å². The Kier molecular flexibility index (Phi) is 3.48. The van der Waals surface area contributed by atoms with Crippen molar-refractivity contribution in [1.29, 1.82) is 0 Å². The number of carbonyl (C=O) groups excluding carboxylic acids is 1. The molecule has 0 aliphatic carbocycles. The van der Waals surface area contributed by atoms with Crippen LogP contribution < -0.4 is 4.80 Å². The Morgan fingerprint density at radius 1 is 1.18 bits per heavy atom. The van der Waals surface area contributed by atoms with E-state index in [1.165, 1.54) is 15.8 Å². The van der Waals surface area contributed by atoms with Crippen LogP contribution in [0.25, 0.3) is 10.2 Å². The Bertz CT molecular complexity index is 939. The van der Waals surface area contributed by atoms with Crippen LogP contribution in [0, 0.1) is 20.8 Å². The summed E-state index contributed by atoms with van der Waals surface area (Å²) in [6.07, 6.45) is 1.68. The van der Waals surface area contributed by atoms with Crippen LogP contribution in [0.4, 0.5) is 0 Å². The maximum Gasteiger partial charge on any atom is 0.298 e. The molecule has 0 fully saturated rings. The van der Waals surface area contributed by atoms with Crippen molar-refractivity contribution in [2.24, 2.45) is 19.1 Å². The fourth-order valence-electron chi connectivity index (χ4n) is 2.67. The van der Waals surface area contributed by atoms with Crippen LogP contribution in [0.5, 0.6) is 0 Å². The second kappa shape index (κ2) is 5.21. The molecule has 3 rings (SSSR count). The zero-order valence-electron chi connectivity index (χ0n) is 13.3. The zero-order chi connectivity index (χ0) is 16.0. The molecule has 0 atom stereocenters. The first-order valence-electron chi connectivity index (χ1n) is 7.03. The van der Waals surface area contributed by atoms with Crippen molar-refractivity contribution in [2.45, 2.75) is 20.8 Å². The number of nitrogens with zero attached hydrogens (tertiary/aromatic N) is 4. The maximum atomic E-state index is 12.5. The van der Waals surface area contributed by atoms with Gasteiger partial charge in [0.15, 0.2) is 4.80 Å². The SMILES string of the molecule is Cc1cc(C)c2sc(=NC(=O)c3c(C)cnn3C)n(C)c2c1. The van der Waals surface area contributed by atoms with Crippen LogP contribution in [-0.4, -0.2) is 20.3 Å². The van der Waals surface area contributed by atoms with Crippen LogP contribution in [0.15, 0.2) is 23.3 Å². The van der Waals surface area contributed by atoms with Crippen LogP contribution >= 0.6 is 11.3 Å². The third-order valence-electron chi connectivity index (χ3n) is 3.76. The molecule has 0 radical (unpaired) electrons. The molecule has 5 nitrogen and oxygen atoms in total. The Morgan fingerprint density at radius 3 is 2.55 bits per heavy atom. The topological polar surface area (TPSA) is 52.2 Å². The fraction of sp³-hybridized carbons (Fsp3) is 0.312. The van der Waals surface area contributed by atoms with E-state index in [9.17, 15) is 4.79 Å². The number of amides is 1. The summed E-state index contributed by atoms with van der Waals surface area (Å²) >= 11 is 1.54. The first kappa shape index (κ1) is 14.7. The molecule has 0 saturated heterocycles. The molecule has 3 aromatic rings. The van der Waals surface area contributed by atoms with Gasteiger partial charge in [-0.15, -0.1) is 0 Å². The second-order valence-corrected chi connectivity index (χ2v) is 6.57. The van der Waals surface area contributed by atoms with E-state index in [0.29, 0.717) is 10.5 Å². The number of hydrogen-bond donors (Lipinski definition) is 0. The minimum absolute atomic E-state index is 0.256. The van der Waals surface area contributed by atoms with Crippen molar-refractivity contribution in [1.82, 2.24) is 14.3 Å². The number of fused-ring (bicyclic) bond motifs is 1. The molecule has 0 unspecified atom stereocenters. The smallest absolute Gasteiger partial charge is 0.298 e. The molecule has 114 valence electrons. The number of benzene rings is 1. The van der Waals surface area contributed by atoms with Gasteiger partial charge in [-0.05, 0) is 38.0 Å². The second-order valence-electron chi connectivity index (χ2n) is 5.59. The number of aryl methyl sites for hydroxylation is 5. The van der Waals surface area contributed by atoms with Crippen molar-refractivity contribution in [2.75, 3.05) is 0 Å². The molecule has 0 aliphatic heterocycles. The molecule has 0 bridgehead atoms. The minimum Gasteiger partial charge on any atom is -0.319 e. The summed E-state index contributed by atoms with van der Waals surface area (Å²) in [6, 6.07) is 4.27. The standard InChI is InChI=1S/C16H18N4OS/c1-9-6-10(2)14-12(7-9)19(4)16(22-14)18-15(21)13-11(3)8-17-20(13)5/h6-8H,1-5H3. The van der Waals surface area contributed by atoms with Crippen molar-refractivity contribution in [3.8, 4) is 0 Å². The summed E-state index contributed by atoms with van der Waals surface area (Å²) in [4.78, 5) is 17.5.